The van der Waals surface area contributed by atoms with E-state index >= 15 is 0 Å². The maximum absolute atomic E-state index is 14.2. The summed E-state index contributed by atoms with van der Waals surface area (Å²) in [7, 11) is 0. The number of aliphatic carboxylic acids is 1. The van der Waals surface area contributed by atoms with Crippen molar-refractivity contribution in [2.24, 2.45) is 0 Å². The molecule has 2 nitrogen and oxygen atoms in total. The number of carboxylic acids is 1. The number of carboxylic acid groups (broad SMARTS) is 1. The Morgan fingerprint density at radius 2 is 1.84 bits per heavy atom. The van der Waals surface area contributed by atoms with Crippen LogP contribution in [-0.2, 0) is 4.79 Å². The lowest BCUT2D eigenvalue weighted by Gasteiger charge is -2.11. The van der Waals surface area contributed by atoms with Crippen molar-refractivity contribution in [2.45, 2.75) is 31.9 Å². The van der Waals surface area contributed by atoms with Crippen molar-refractivity contribution in [3.8, 4) is 0 Å². The van der Waals surface area contributed by atoms with E-state index in [-0.39, 0.29) is 6.42 Å². The maximum atomic E-state index is 14.2. The first kappa shape index (κ1) is 13.5. The monoisotopic (exact) mass is 260 g/mol. The topological polar surface area (TPSA) is 37.3 Å². The number of unbranched alkanes of at least 4 members (excludes halogenated alkanes) is 1. The number of fused-ring (bicyclic) bond motifs is 1. The molecule has 1 unspecified atom stereocenters. The highest BCUT2D eigenvalue weighted by atomic mass is 19.1. The summed E-state index contributed by atoms with van der Waals surface area (Å²) in [5.41, 5.74) is 0.702. The van der Waals surface area contributed by atoms with E-state index in [0.717, 1.165) is 10.8 Å². The molecule has 0 heterocycles. The molecule has 0 saturated carbocycles. The molecule has 1 atom stereocenters. The Morgan fingerprint density at radius 3 is 2.63 bits per heavy atom. The SMILES string of the molecule is O=C(O)CCCCC(F)c1cccc2ccccc12. The Balaban J connectivity index is 2.05. The minimum absolute atomic E-state index is 0.113. The molecule has 0 aliphatic carbocycles. The Labute approximate surface area is 111 Å². The number of hydrogen-bond donors (Lipinski definition) is 1. The zero-order valence-corrected chi connectivity index (χ0v) is 10.7. The van der Waals surface area contributed by atoms with Gasteiger partial charge in [0.1, 0.15) is 6.17 Å². The molecule has 0 radical (unpaired) electrons. The van der Waals surface area contributed by atoms with Gasteiger partial charge < -0.3 is 5.11 Å². The summed E-state index contributed by atoms with van der Waals surface area (Å²) in [5.74, 6) is -0.819. The highest BCUT2D eigenvalue weighted by Gasteiger charge is 2.12. The third-order valence-electron chi connectivity index (χ3n) is 3.26. The van der Waals surface area contributed by atoms with Gasteiger partial charge in [-0.05, 0) is 35.6 Å². The smallest absolute Gasteiger partial charge is 0.303 e. The first-order valence-electron chi connectivity index (χ1n) is 6.52. The van der Waals surface area contributed by atoms with Crippen molar-refractivity contribution < 1.29 is 14.3 Å². The zero-order valence-electron chi connectivity index (χ0n) is 10.7. The van der Waals surface area contributed by atoms with Gasteiger partial charge in [0.25, 0.3) is 0 Å². The number of carbonyl (C=O) groups is 1. The first-order chi connectivity index (χ1) is 9.18. The van der Waals surface area contributed by atoms with Crippen LogP contribution in [0.1, 0.15) is 37.4 Å². The van der Waals surface area contributed by atoms with Gasteiger partial charge in [-0.2, -0.15) is 0 Å². The summed E-state index contributed by atoms with van der Waals surface area (Å²) in [6, 6.07) is 13.4. The lowest BCUT2D eigenvalue weighted by Crippen LogP contribution is -1.97. The fourth-order valence-corrected chi connectivity index (χ4v) is 2.28. The van der Waals surface area contributed by atoms with Gasteiger partial charge in [0, 0.05) is 6.42 Å². The summed E-state index contributed by atoms with van der Waals surface area (Å²) in [6.45, 7) is 0. The highest BCUT2D eigenvalue weighted by molar-refractivity contribution is 5.85. The van der Waals surface area contributed by atoms with Crippen LogP contribution in [-0.4, -0.2) is 11.1 Å². The highest BCUT2D eigenvalue weighted by Crippen LogP contribution is 2.30. The Bertz CT molecular complexity index is 560. The van der Waals surface area contributed by atoms with Crippen LogP contribution < -0.4 is 0 Å². The van der Waals surface area contributed by atoms with Gasteiger partial charge in [-0.25, -0.2) is 4.39 Å². The summed E-state index contributed by atoms with van der Waals surface area (Å²) >= 11 is 0. The van der Waals surface area contributed by atoms with Crippen molar-refractivity contribution in [1.82, 2.24) is 0 Å². The van der Waals surface area contributed by atoms with E-state index in [0.29, 0.717) is 24.8 Å². The van der Waals surface area contributed by atoms with Crippen LogP contribution >= 0.6 is 0 Å². The van der Waals surface area contributed by atoms with Gasteiger partial charge in [-0.15, -0.1) is 0 Å². The normalized spacial score (nSPS) is 12.5. The first-order valence-corrected chi connectivity index (χ1v) is 6.52. The molecule has 0 bridgehead atoms. The predicted octanol–water partition coefficient (Wildman–Crippen LogP) is 4.50. The third-order valence-corrected chi connectivity index (χ3v) is 3.26. The quantitative estimate of drug-likeness (QED) is 0.777. The van der Waals surface area contributed by atoms with E-state index in [2.05, 4.69) is 0 Å². The minimum Gasteiger partial charge on any atom is -0.481 e. The second kappa shape index (κ2) is 6.32. The largest absolute Gasteiger partial charge is 0.481 e. The van der Waals surface area contributed by atoms with E-state index < -0.39 is 12.1 Å². The zero-order chi connectivity index (χ0) is 13.7. The number of rotatable bonds is 6. The van der Waals surface area contributed by atoms with Crippen molar-refractivity contribution in [3.05, 3.63) is 48.0 Å². The second-order valence-corrected chi connectivity index (χ2v) is 4.68. The van der Waals surface area contributed by atoms with Crippen LogP contribution in [0.5, 0.6) is 0 Å². The van der Waals surface area contributed by atoms with Gasteiger partial charge >= 0.3 is 5.97 Å². The predicted molar refractivity (Wildman–Crippen MR) is 73.9 cm³/mol. The Kier molecular flexibility index (Phi) is 4.50. The van der Waals surface area contributed by atoms with E-state index in [4.69, 9.17) is 5.11 Å². The van der Waals surface area contributed by atoms with E-state index in [1.54, 1.807) is 0 Å². The Morgan fingerprint density at radius 1 is 1.11 bits per heavy atom. The van der Waals surface area contributed by atoms with Crippen LogP contribution in [0.25, 0.3) is 10.8 Å². The fourth-order valence-electron chi connectivity index (χ4n) is 2.28. The summed E-state index contributed by atoms with van der Waals surface area (Å²) in [6.07, 6.45) is 0.584. The number of hydrogen-bond acceptors (Lipinski definition) is 1. The molecular formula is C16H17FO2. The fraction of sp³-hybridized carbons (Fsp3) is 0.312. The van der Waals surface area contributed by atoms with Gasteiger partial charge in [-0.3, -0.25) is 4.79 Å². The van der Waals surface area contributed by atoms with Crippen LogP contribution in [0.3, 0.4) is 0 Å². The lowest BCUT2D eigenvalue weighted by atomic mass is 9.98. The van der Waals surface area contributed by atoms with Crippen LogP contribution in [0.15, 0.2) is 42.5 Å². The molecule has 0 aliphatic heterocycles. The average molecular weight is 260 g/mol. The molecule has 19 heavy (non-hydrogen) atoms. The molecule has 0 fully saturated rings. The second-order valence-electron chi connectivity index (χ2n) is 4.68. The molecule has 1 N–H and O–H groups in total. The molecule has 3 heteroatoms. The Hall–Kier alpha value is -1.90. The van der Waals surface area contributed by atoms with Crippen molar-refractivity contribution in [1.29, 1.82) is 0 Å². The van der Waals surface area contributed by atoms with Gasteiger partial charge in [0.2, 0.25) is 0 Å². The molecule has 0 aromatic heterocycles. The van der Waals surface area contributed by atoms with Gasteiger partial charge in [-0.1, -0.05) is 42.5 Å². The number of alkyl halides is 1. The lowest BCUT2D eigenvalue weighted by molar-refractivity contribution is -0.137. The van der Waals surface area contributed by atoms with Crippen molar-refractivity contribution in [3.63, 3.8) is 0 Å². The maximum Gasteiger partial charge on any atom is 0.303 e. The van der Waals surface area contributed by atoms with E-state index in [9.17, 15) is 9.18 Å². The molecule has 2 aromatic rings. The van der Waals surface area contributed by atoms with E-state index in [1.807, 2.05) is 42.5 Å². The van der Waals surface area contributed by atoms with Crippen molar-refractivity contribution in [2.75, 3.05) is 0 Å². The van der Waals surface area contributed by atoms with Crippen LogP contribution in [0.4, 0.5) is 4.39 Å². The molecule has 0 saturated heterocycles. The summed E-state index contributed by atoms with van der Waals surface area (Å²) in [5, 5.41) is 10.5. The molecule has 0 spiro atoms. The molecule has 2 rings (SSSR count). The summed E-state index contributed by atoms with van der Waals surface area (Å²) < 4.78 is 14.2. The van der Waals surface area contributed by atoms with Gasteiger partial charge in [0.15, 0.2) is 0 Å². The van der Waals surface area contributed by atoms with Gasteiger partial charge in [0.05, 0.1) is 0 Å². The molecule has 0 aliphatic rings. The average Bonchev–Trinajstić information content (AvgIpc) is 2.42. The van der Waals surface area contributed by atoms with Crippen LogP contribution in [0.2, 0.25) is 0 Å². The molecular weight excluding hydrogens is 243 g/mol. The number of halogens is 1. The summed E-state index contributed by atoms with van der Waals surface area (Å²) in [4.78, 5) is 10.4. The third kappa shape index (κ3) is 3.53. The number of benzene rings is 2. The minimum atomic E-state index is -1.03. The van der Waals surface area contributed by atoms with Crippen molar-refractivity contribution >= 4 is 16.7 Å². The van der Waals surface area contributed by atoms with E-state index in [1.165, 1.54) is 0 Å². The molecule has 0 amide bonds. The molecule has 100 valence electrons. The standard InChI is InChI=1S/C16H17FO2/c17-15(10-3-4-11-16(18)19)14-9-5-7-12-6-1-2-8-13(12)14/h1-2,5-9,15H,3-4,10-11H2,(H,18,19). The molecule has 2 aromatic carbocycles. The van der Waals surface area contributed by atoms with Crippen LogP contribution in [0, 0.1) is 0 Å².